The highest BCUT2D eigenvalue weighted by molar-refractivity contribution is 5.97. The van der Waals surface area contributed by atoms with Gasteiger partial charge in [0.25, 0.3) is 5.91 Å². The fourth-order valence-electron chi connectivity index (χ4n) is 3.50. The molecule has 1 fully saturated rings. The van der Waals surface area contributed by atoms with Gasteiger partial charge in [0.05, 0.1) is 6.10 Å². The molecule has 10 heteroatoms. The molecule has 8 nitrogen and oxygen atoms in total. The third-order valence-corrected chi connectivity index (χ3v) is 5.01. The van der Waals surface area contributed by atoms with Crippen molar-refractivity contribution in [1.82, 2.24) is 9.88 Å². The van der Waals surface area contributed by atoms with Gasteiger partial charge in [-0.3, -0.25) is 4.79 Å². The van der Waals surface area contributed by atoms with E-state index in [1.807, 2.05) is 23.1 Å². The van der Waals surface area contributed by atoms with Crippen LogP contribution in [0.1, 0.15) is 29.8 Å². The standard InChI is InChI=1S/C20H25N3O5.2ClH/c21-6-1-9-25-15-4-7-23(8-5-15)20(24)18-19(28-13-22-18)14-2-3-16-17(12-14)27-11-10-26-16;;/h2-3,12-13,15H,1,4-11,21H2;2*1H. The molecule has 30 heavy (non-hydrogen) atoms. The molecule has 1 aromatic heterocycles. The van der Waals surface area contributed by atoms with Crippen LogP contribution in [0.25, 0.3) is 11.3 Å². The summed E-state index contributed by atoms with van der Waals surface area (Å²) in [4.78, 5) is 19.0. The number of likely N-dealkylation sites (tertiary alicyclic amines) is 1. The number of halogens is 2. The molecule has 0 spiro atoms. The second kappa shape index (κ2) is 11.4. The lowest BCUT2D eigenvalue weighted by molar-refractivity contribution is 0.00832. The Bertz CT molecular complexity index is 825. The van der Waals surface area contributed by atoms with Crippen LogP contribution in [0.3, 0.4) is 0 Å². The molecule has 0 saturated carbocycles. The van der Waals surface area contributed by atoms with Crippen LogP contribution in [0.15, 0.2) is 29.0 Å². The second-order valence-corrected chi connectivity index (χ2v) is 6.89. The highest BCUT2D eigenvalue weighted by atomic mass is 35.5. The molecule has 0 radical (unpaired) electrons. The molecule has 2 aromatic rings. The SMILES string of the molecule is Cl.Cl.NCCCOC1CCN(C(=O)c2ncoc2-c2ccc3c(c2)OCCO3)CC1. The topological polar surface area (TPSA) is 100 Å². The summed E-state index contributed by atoms with van der Waals surface area (Å²) >= 11 is 0. The molecule has 2 N–H and O–H groups in total. The summed E-state index contributed by atoms with van der Waals surface area (Å²) in [7, 11) is 0. The van der Waals surface area contributed by atoms with Crippen LogP contribution in [-0.4, -0.2) is 61.3 Å². The maximum atomic E-state index is 13.0. The van der Waals surface area contributed by atoms with E-state index in [0.29, 0.717) is 62.4 Å². The number of carbonyl (C=O) groups is 1. The van der Waals surface area contributed by atoms with Crippen LogP contribution >= 0.6 is 24.8 Å². The zero-order valence-electron chi connectivity index (χ0n) is 16.6. The van der Waals surface area contributed by atoms with E-state index in [4.69, 9.17) is 24.4 Å². The van der Waals surface area contributed by atoms with Crippen LogP contribution in [-0.2, 0) is 4.74 Å². The minimum absolute atomic E-state index is 0. The molecule has 2 aliphatic rings. The van der Waals surface area contributed by atoms with E-state index in [9.17, 15) is 4.79 Å². The molecule has 1 amide bonds. The van der Waals surface area contributed by atoms with Crippen molar-refractivity contribution in [2.45, 2.75) is 25.4 Å². The van der Waals surface area contributed by atoms with Gasteiger partial charge in [-0.15, -0.1) is 24.8 Å². The zero-order valence-corrected chi connectivity index (χ0v) is 18.2. The first-order valence-electron chi connectivity index (χ1n) is 9.70. The number of fused-ring (bicyclic) bond motifs is 1. The van der Waals surface area contributed by atoms with Gasteiger partial charge in [0.1, 0.15) is 13.2 Å². The van der Waals surface area contributed by atoms with Crippen molar-refractivity contribution in [2.75, 3.05) is 39.5 Å². The van der Waals surface area contributed by atoms with Gasteiger partial charge in [-0.1, -0.05) is 0 Å². The number of hydrogen-bond donors (Lipinski definition) is 1. The summed E-state index contributed by atoms with van der Waals surface area (Å²) in [5, 5.41) is 0. The van der Waals surface area contributed by atoms with E-state index in [-0.39, 0.29) is 36.8 Å². The number of benzene rings is 1. The number of rotatable bonds is 6. The van der Waals surface area contributed by atoms with Gasteiger partial charge in [0, 0.05) is 25.3 Å². The Labute approximate surface area is 187 Å². The smallest absolute Gasteiger partial charge is 0.276 e. The fraction of sp³-hybridized carbons (Fsp3) is 0.500. The summed E-state index contributed by atoms with van der Waals surface area (Å²) in [5.74, 6) is 1.66. The van der Waals surface area contributed by atoms with Crippen LogP contribution in [0.4, 0.5) is 0 Å². The van der Waals surface area contributed by atoms with Crippen molar-refractivity contribution in [3.05, 3.63) is 30.3 Å². The molecule has 166 valence electrons. The molecule has 0 unspecified atom stereocenters. The van der Waals surface area contributed by atoms with Gasteiger partial charge < -0.3 is 29.3 Å². The average molecular weight is 460 g/mol. The molecule has 0 aliphatic carbocycles. The first kappa shape index (κ1) is 24.3. The number of nitrogens with two attached hydrogens (primary N) is 1. The Morgan fingerprint density at radius 2 is 1.90 bits per heavy atom. The predicted octanol–water partition coefficient (Wildman–Crippen LogP) is 2.93. The van der Waals surface area contributed by atoms with Crippen molar-refractivity contribution in [3.63, 3.8) is 0 Å². The van der Waals surface area contributed by atoms with Crippen LogP contribution in [0, 0.1) is 0 Å². The molecule has 3 heterocycles. The Kier molecular flexibility index (Phi) is 9.23. The third-order valence-electron chi connectivity index (χ3n) is 5.01. The van der Waals surface area contributed by atoms with Gasteiger partial charge >= 0.3 is 0 Å². The van der Waals surface area contributed by atoms with Crippen molar-refractivity contribution in [1.29, 1.82) is 0 Å². The summed E-state index contributed by atoms with van der Waals surface area (Å²) in [5.41, 5.74) is 6.56. The van der Waals surface area contributed by atoms with Crippen molar-refractivity contribution in [3.8, 4) is 22.8 Å². The minimum Gasteiger partial charge on any atom is -0.486 e. The van der Waals surface area contributed by atoms with Crippen LogP contribution in [0.5, 0.6) is 11.5 Å². The minimum atomic E-state index is -0.126. The highest BCUT2D eigenvalue weighted by Crippen LogP contribution is 2.35. The lowest BCUT2D eigenvalue weighted by Crippen LogP contribution is -2.41. The molecule has 1 aromatic carbocycles. The number of hydrogen-bond acceptors (Lipinski definition) is 7. The van der Waals surface area contributed by atoms with Crippen molar-refractivity contribution >= 4 is 30.7 Å². The average Bonchev–Trinajstić information content (AvgIpc) is 3.23. The Balaban J connectivity index is 0.00000160. The zero-order chi connectivity index (χ0) is 19.3. The summed E-state index contributed by atoms with van der Waals surface area (Å²) in [6.07, 6.45) is 3.98. The normalized spacial score (nSPS) is 15.8. The van der Waals surface area contributed by atoms with Gasteiger partial charge in [-0.25, -0.2) is 4.98 Å². The van der Waals surface area contributed by atoms with E-state index in [0.717, 1.165) is 24.8 Å². The molecule has 0 bridgehead atoms. The van der Waals surface area contributed by atoms with E-state index < -0.39 is 0 Å². The van der Waals surface area contributed by atoms with Crippen molar-refractivity contribution in [2.24, 2.45) is 5.73 Å². The monoisotopic (exact) mass is 459 g/mol. The molecule has 2 aliphatic heterocycles. The Hall–Kier alpha value is -2.00. The van der Waals surface area contributed by atoms with Crippen LogP contribution in [0.2, 0.25) is 0 Å². The van der Waals surface area contributed by atoms with Crippen LogP contribution < -0.4 is 15.2 Å². The molecular weight excluding hydrogens is 433 g/mol. The van der Waals surface area contributed by atoms with E-state index in [1.54, 1.807) is 0 Å². The Morgan fingerprint density at radius 3 is 2.63 bits per heavy atom. The number of amides is 1. The lowest BCUT2D eigenvalue weighted by Gasteiger charge is -2.31. The molecule has 1 saturated heterocycles. The second-order valence-electron chi connectivity index (χ2n) is 6.89. The number of oxazole rings is 1. The molecule has 0 atom stereocenters. The summed E-state index contributed by atoms with van der Waals surface area (Å²) < 4.78 is 22.5. The van der Waals surface area contributed by atoms with E-state index >= 15 is 0 Å². The van der Waals surface area contributed by atoms with E-state index in [1.165, 1.54) is 6.39 Å². The quantitative estimate of drug-likeness (QED) is 0.662. The maximum Gasteiger partial charge on any atom is 0.276 e. The number of carbonyl (C=O) groups excluding carboxylic acids is 1. The summed E-state index contributed by atoms with van der Waals surface area (Å²) in [6.45, 7) is 3.61. The lowest BCUT2D eigenvalue weighted by atomic mass is 10.1. The van der Waals surface area contributed by atoms with Gasteiger partial charge in [0.15, 0.2) is 29.3 Å². The number of nitrogens with zero attached hydrogens (tertiary/aromatic N) is 2. The van der Waals surface area contributed by atoms with Gasteiger partial charge in [0.2, 0.25) is 0 Å². The number of ether oxygens (including phenoxy) is 3. The predicted molar refractivity (Wildman–Crippen MR) is 116 cm³/mol. The highest BCUT2D eigenvalue weighted by Gasteiger charge is 2.28. The fourth-order valence-corrected chi connectivity index (χ4v) is 3.50. The molecule has 4 rings (SSSR count). The van der Waals surface area contributed by atoms with E-state index in [2.05, 4.69) is 4.98 Å². The third kappa shape index (κ3) is 5.37. The number of aromatic nitrogens is 1. The number of piperidine rings is 1. The summed E-state index contributed by atoms with van der Waals surface area (Å²) in [6, 6.07) is 5.50. The van der Waals surface area contributed by atoms with Gasteiger partial charge in [-0.2, -0.15) is 0 Å². The van der Waals surface area contributed by atoms with Gasteiger partial charge in [-0.05, 0) is 44.0 Å². The Morgan fingerprint density at radius 1 is 1.17 bits per heavy atom. The first-order chi connectivity index (χ1) is 13.8. The maximum absolute atomic E-state index is 13.0. The molecular formula is C20H27Cl2N3O5. The van der Waals surface area contributed by atoms with Crippen molar-refractivity contribution < 1.29 is 23.4 Å². The first-order valence-corrected chi connectivity index (χ1v) is 9.70. The largest absolute Gasteiger partial charge is 0.486 e.